The summed E-state index contributed by atoms with van der Waals surface area (Å²) in [6, 6.07) is 1.50. The first-order chi connectivity index (χ1) is 8.68. The molecule has 0 bridgehead atoms. The highest BCUT2D eigenvalue weighted by molar-refractivity contribution is 9.10. The molecule has 0 aliphatic rings. The van der Waals surface area contributed by atoms with Gasteiger partial charge < -0.3 is 10.0 Å². The lowest BCUT2D eigenvalue weighted by Crippen LogP contribution is -2.22. The third-order valence-electron chi connectivity index (χ3n) is 2.41. The summed E-state index contributed by atoms with van der Waals surface area (Å²) in [6.45, 7) is -0.203. The van der Waals surface area contributed by atoms with E-state index in [1.54, 1.807) is 0 Å². The maximum Gasteiger partial charge on any atom is 0.417 e. The van der Waals surface area contributed by atoms with E-state index in [2.05, 4.69) is 15.9 Å². The molecule has 0 amide bonds. The van der Waals surface area contributed by atoms with E-state index in [9.17, 15) is 23.3 Å². The molecule has 0 aliphatic heterocycles. The Kier molecular flexibility index (Phi) is 4.75. The van der Waals surface area contributed by atoms with Crippen molar-refractivity contribution in [2.75, 3.05) is 25.1 Å². The van der Waals surface area contributed by atoms with Crippen LogP contribution in [0.2, 0.25) is 0 Å². The number of anilines is 1. The molecule has 0 aromatic heterocycles. The summed E-state index contributed by atoms with van der Waals surface area (Å²) in [7, 11) is 1.44. The quantitative estimate of drug-likeness (QED) is 0.674. The SMILES string of the molecule is CN(CCO)c1cc(Br)c(C(F)(F)F)cc1[N+](=O)[O-]. The molecule has 1 aromatic rings. The number of hydrogen-bond acceptors (Lipinski definition) is 4. The van der Waals surface area contributed by atoms with Gasteiger partial charge in [0.15, 0.2) is 0 Å². The zero-order valence-electron chi connectivity index (χ0n) is 9.74. The number of nitro benzene ring substituents is 1. The molecule has 0 saturated carbocycles. The molecule has 106 valence electrons. The van der Waals surface area contributed by atoms with E-state index in [-0.39, 0.29) is 23.3 Å². The second-order valence-electron chi connectivity index (χ2n) is 3.72. The number of aliphatic hydroxyl groups is 1. The molecule has 0 heterocycles. The van der Waals surface area contributed by atoms with Gasteiger partial charge >= 0.3 is 6.18 Å². The lowest BCUT2D eigenvalue weighted by Gasteiger charge is -2.19. The Morgan fingerprint density at radius 1 is 1.47 bits per heavy atom. The van der Waals surface area contributed by atoms with Crippen molar-refractivity contribution in [3.8, 4) is 0 Å². The fourth-order valence-corrected chi connectivity index (χ4v) is 2.05. The Hall–Kier alpha value is -1.35. The molecular weight excluding hydrogens is 333 g/mol. The molecule has 0 radical (unpaired) electrons. The van der Waals surface area contributed by atoms with Gasteiger partial charge in [-0.05, 0) is 6.07 Å². The van der Waals surface area contributed by atoms with Crippen molar-refractivity contribution in [2.45, 2.75) is 6.18 Å². The van der Waals surface area contributed by atoms with Crippen LogP contribution in [0.1, 0.15) is 5.56 Å². The van der Waals surface area contributed by atoms with Crippen LogP contribution < -0.4 is 4.90 Å². The summed E-state index contributed by atoms with van der Waals surface area (Å²) in [5.74, 6) is 0. The summed E-state index contributed by atoms with van der Waals surface area (Å²) in [6.07, 6.45) is -4.68. The van der Waals surface area contributed by atoms with Gasteiger partial charge in [0, 0.05) is 24.1 Å². The lowest BCUT2D eigenvalue weighted by molar-refractivity contribution is -0.384. The van der Waals surface area contributed by atoms with E-state index in [1.165, 1.54) is 11.9 Å². The maximum absolute atomic E-state index is 12.7. The number of halogens is 4. The maximum atomic E-state index is 12.7. The molecule has 0 spiro atoms. The fraction of sp³-hybridized carbons (Fsp3) is 0.400. The summed E-state index contributed by atoms with van der Waals surface area (Å²) >= 11 is 2.75. The van der Waals surface area contributed by atoms with Gasteiger partial charge in [-0.2, -0.15) is 13.2 Å². The first-order valence-corrected chi connectivity index (χ1v) is 5.85. The van der Waals surface area contributed by atoms with Crippen LogP contribution in [0.25, 0.3) is 0 Å². The Morgan fingerprint density at radius 3 is 2.47 bits per heavy atom. The lowest BCUT2D eigenvalue weighted by atomic mass is 10.1. The number of aliphatic hydroxyl groups excluding tert-OH is 1. The zero-order valence-corrected chi connectivity index (χ0v) is 11.3. The fourth-order valence-electron chi connectivity index (χ4n) is 1.49. The molecule has 5 nitrogen and oxygen atoms in total. The van der Waals surface area contributed by atoms with Crippen molar-refractivity contribution < 1.29 is 23.2 Å². The minimum Gasteiger partial charge on any atom is -0.395 e. The molecule has 0 aliphatic carbocycles. The Balaban J connectivity index is 3.42. The Bertz CT molecular complexity index is 494. The van der Waals surface area contributed by atoms with Crippen molar-refractivity contribution in [1.82, 2.24) is 0 Å². The van der Waals surface area contributed by atoms with Gasteiger partial charge in [-0.25, -0.2) is 0 Å². The average Bonchev–Trinajstić information content (AvgIpc) is 2.26. The van der Waals surface area contributed by atoms with Crippen LogP contribution in [0, 0.1) is 10.1 Å². The summed E-state index contributed by atoms with van der Waals surface area (Å²) < 4.78 is 37.7. The number of likely N-dealkylation sites (N-methyl/N-ethyl adjacent to an activating group) is 1. The number of alkyl halides is 3. The Morgan fingerprint density at radius 2 is 2.05 bits per heavy atom. The van der Waals surface area contributed by atoms with Gasteiger partial charge in [-0.15, -0.1) is 0 Å². The number of nitro groups is 1. The van der Waals surface area contributed by atoms with E-state index >= 15 is 0 Å². The van der Waals surface area contributed by atoms with Gasteiger partial charge in [-0.3, -0.25) is 10.1 Å². The predicted molar refractivity (Wildman–Crippen MR) is 66.2 cm³/mol. The highest BCUT2D eigenvalue weighted by Gasteiger charge is 2.36. The van der Waals surface area contributed by atoms with Crippen LogP contribution in [-0.2, 0) is 6.18 Å². The van der Waals surface area contributed by atoms with Gasteiger partial charge in [0.25, 0.3) is 5.69 Å². The molecular formula is C10H10BrF3N2O3. The summed E-state index contributed by atoms with van der Waals surface area (Å²) in [4.78, 5) is 11.3. The molecule has 19 heavy (non-hydrogen) atoms. The van der Waals surface area contributed by atoms with Crippen LogP contribution in [0.4, 0.5) is 24.5 Å². The Labute approximate surface area is 114 Å². The second kappa shape index (κ2) is 5.74. The monoisotopic (exact) mass is 342 g/mol. The second-order valence-corrected chi connectivity index (χ2v) is 4.58. The summed E-state index contributed by atoms with van der Waals surface area (Å²) in [5.41, 5.74) is -1.77. The van der Waals surface area contributed by atoms with Crippen LogP contribution in [-0.4, -0.2) is 30.2 Å². The number of hydrogen-bond donors (Lipinski definition) is 1. The third-order valence-corrected chi connectivity index (χ3v) is 3.07. The highest BCUT2D eigenvalue weighted by atomic mass is 79.9. The van der Waals surface area contributed by atoms with Crippen molar-refractivity contribution in [1.29, 1.82) is 0 Å². The molecule has 0 atom stereocenters. The number of rotatable bonds is 4. The van der Waals surface area contributed by atoms with Gasteiger partial charge in [0.1, 0.15) is 5.69 Å². The smallest absolute Gasteiger partial charge is 0.395 e. The molecule has 0 fully saturated rings. The van der Waals surface area contributed by atoms with E-state index < -0.39 is 22.4 Å². The minimum absolute atomic E-state index is 0.000995. The van der Waals surface area contributed by atoms with Crippen molar-refractivity contribution >= 4 is 27.3 Å². The van der Waals surface area contributed by atoms with Crippen molar-refractivity contribution in [2.24, 2.45) is 0 Å². The number of nitrogens with zero attached hydrogens (tertiary/aromatic N) is 2. The van der Waals surface area contributed by atoms with Crippen molar-refractivity contribution in [3.63, 3.8) is 0 Å². The largest absolute Gasteiger partial charge is 0.417 e. The van der Waals surface area contributed by atoms with E-state index in [4.69, 9.17) is 5.11 Å². The van der Waals surface area contributed by atoms with E-state index in [1.807, 2.05) is 0 Å². The summed E-state index contributed by atoms with van der Waals surface area (Å²) in [5, 5.41) is 19.6. The topological polar surface area (TPSA) is 66.6 Å². The van der Waals surface area contributed by atoms with Gasteiger partial charge in [-0.1, -0.05) is 15.9 Å². The third kappa shape index (κ3) is 3.57. The van der Waals surface area contributed by atoms with Gasteiger partial charge in [0.2, 0.25) is 0 Å². The molecule has 1 aromatic carbocycles. The molecule has 1 N–H and O–H groups in total. The molecule has 0 saturated heterocycles. The van der Waals surface area contributed by atoms with Gasteiger partial charge in [0.05, 0.1) is 17.1 Å². The van der Waals surface area contributed by atoms with Crippen molar-refractivity contribution in [3.05, 3.63) is 32.3 Å². The van der Waals surface area contributed by atoms with Crippen LogP contribution >= 0.6 is 15.9 Å². The molecule has 9 heteroatoms. The van der Waals surface area contributed by atoms with E-state index in [0.717, 1.165) is 6.07 Å². The first kappa shape index (κ1) is 15.7. The minimum atomic E-state index is -4.68. The predicted octanol–water partition coefficient (Wildman–Crippen LogP) is 2.80. The zero-order chi connectivity index (χ0) is 14.8. The highest BCUT2D eigenvalue weighted by Crippen LogP contribution is 2.41. The molecule has 0 unspecified atom stereocenters. The number of benzene rings is 1. The first-order valence-electron chi connectivity index (χ1n) is 5.05. The average molecular weight is 343 g/mol. The standard InChI is InChI=1S/C10H10BrF3N2O3/c1-15(2-3-17)8-5-7(11)6(10(12,13)14)4-9(8)16(18)19/h4-5,17H,2-3H2,1H3. The van der Waals surface area contributed by atoms with E-state index in [0.29, 0.717) is 6.07 Å². The van der Waals surface area contributed by atoms with Crippen LogP contribution in [0.5, 0.6) is 0 Å². The normalized spacial score (nSPS) is 11.5. The van der Waals surface area contributed by atoms with Crippen LogP contribution in [0.15, 0.2) is 16.6 Å². The molecule has 1 rings (SSSR count). The van der Waals surface area contributed by atoms with Crippen LogP contribution in [0.3, 0.4) is 0 Å².